The molecule has 0 spiro atoms. The van der Waals surface area contributed by atoms with E-state index in [1.807, 2.05) is 6.07 Å². The van der Waals surface area contributed by atoms with Crippen LogP contribution in [-0.2, 0) is 9.59 Å². The van der Waals surface area contributed by atoms with Gasteiger partial charge in [-0.2, -0.15) is 5.26 Å². The summed E-state index contributed by atoms with van der Waals surface area (Å²) in [6.45, 7) is 0.420. The average Bonchev–Trinajstić information content (AvgIpc) is 2.74. The molecular weight excluding hydrogens is 208 g/mol. The molecule has 0 aliphatic heterocycles. The van der Waals surface area contributed by atoms with E-state index in [-0.39, 0.29) is 17.7 Å². The number of carbonyl (C=O) groups is 2. The van der Waals surface area contributed by atoms with Gasteiger partial charge in [-0.3, -0.25) is 9.59 Å². The third kappa shape index (κ3) is 2.96. The number of nitrogens with zero attached hydrogens (tertiary/aromatic N) is 2. The Bertz CT molecular complexity index is 322. The lowest BCUT2D eigenvalue weighted by Gasteiger charge is -2.19. The summed E-state index contributed by atoms with van der Waals surface area (Å²) in [5, 5.41) is 17.2. The molecule has 1 N–H and O–H groups in total. The zero-order valence-corrected chi connectivity index (χ0v) is 9.35. The van der Waals surface area contributed by atoms with E-state index in [9.17, 15) is 9.59 Å². The predicted octanol–water partition coefficient (Wildman–Crippen LogP) is 0.859. The van der Waals surface area contributed by atoms with E-state index in [2.05, 4.69) is 0 Å². The molecule has 0 aromatic rings. The summed E-state index contributed by atoms with van der Waals surface area (Å²) in [5.74, 6) is -1.39. The number of carboxylic acid groups (broad SMARTS) is 1. The lowest BCUT2D eigenvalue weighted by Crippen LogP contribution is -2.32. The predicted molar refractivity (Wildman–Crippen MR) is 56.3 cm³/mol. The summed E-state index contributed by atoms with van der Waals surface area (Å²) in [6.07, 6.45) is 1.98. The Morgan fingerprint density at radius 3 is 2.56 bits per heavy atom. The summed E-state index contributed by atoms with van der Waals surface area (Å²) >= 11 is 0. The van der Waals surface area contributed by atoms with Crippen molar-refractivity contribution in [2.24, 2.45) is 11.8 Å². The van der Waals surface area contributed by atoms with E-state index in [0.29, 0.717) is 32.2 Å². The number of carboxylic acids is 1. The fraction of sp³-hybridized carbons (Fsp3) is 0.727. The Hall–Kier alpha value is -1.57. The highest BCUT2D eigenvalue weighted by Crippen LogP contribution is 2.32. The molecule has 1 fully saturated rings. The quantitative estimate of drug-likeness (QED) is 0.767. The molecule has 5 heteroatoms. The molecule has 1 aliphatic carbocycles. The third-order valence-electron chi connectivity index (χ3n) is 3.07. The molecule has 5 nitrogen and oxygen atoms in total. The van der Waals surface area contributed by atoms with Gasteiger partial charge in [0.05, 0.1) is 18.4 Å². The van der Waals surface area contributed by atoms with Crippen LogP contribution in [0, 0.1) is 23.2 Å². The van der Waals surface area contributed by atoms with Gasteiger partial charge in [-0.25, -0.2) is 0 Å². The van der Waals surface area contributed by atoms with Crippen molar-refractivity contribution in [2.75, 3.05) is 13.6 Å². The van der Waals surface area contributed by atoms with Crippen LogP contribution in [0.4, 0.5) is 0 Å². The van der Waals surface area contributed by atoms with Crippen LogP contribution in [0.25, 0.3) is 0 Å². The number of hydrogen-bond donors (Lipinski definition) is 1. The van der Waals surface area contributed by atoms with Crippen LogP contribution in [0.15, 0.2) is 0 Å². The zero-order valence-electron chi connectivity index (χ0n) is 9.35. The van der Waals surface area contributed by atoms with Crippen LogP contribution in [0.1, 0.15) is 25.7 Å². The molecular formula is C11H16N2O3. The zero-order chi connectivity index (χ0) is 12.1. The Kier molecular flexibility index (Phi) is 4.29. The van der Waals surface area contributed by atoms with Crippen molar-refractivity contribution in [3.63, 3.8) is 0 Å². The lowest BCUT2D eigenvalue weighted by molar-refractivity contribution is -0.141. The fourth-order valence-electron chi connectivity index (χ4n) is 2.07. The van der Waals surface area contributed by atoms with Gasteiger partial charge in [-0.05, 0) is 19.3 Å². The lowest BCUT2D eigenvalue weighted by atomic mass is 10.0. The summed E-state index contributed by atoms with van der Waals surface area (Å²) in [5.41, 5.74) is 0. The van der Waals surface area contributed by atoms with E-state index in [4.69, 9.17) is 10.4 Å². The van der Waals surface area contributed by atoms with Crippen molar-refractivity contribution >= 4 is 11.9 Å². The molecule has 88 valence electrons. The van der Waals surface area contributed by atoms with Gasteiger partial charge in [0.1, 0.15) is 0 Å². The molecule has 1 saturated carbocycles. The number of hydrogen-bond acceptors (Lipinski definition) is 3. The van der Waals surface area contributed by atoms with Gasteiger partial charge < -0.3 is 10.0 Å². The summed E-state index contributed by atoms with van der Waals surface area (Å²) < 4.78 is 0. The highest BCUT2D eigenvalue weighted by Gasteiger charge is 2.34. The van der Waals surface area contributed by atoms with Gasteiger partial charge in [-0.1, -0.05) is 0 Å². The van der Waals surface area contributed by atoms with Crippen molar-refractivity contribution in [1.82, 2.24) is 4.90 Å². The molecule has 1 rings (SSSR count). The van der Waals surface area contributed by atoms with E-state index < -0.39 is 5.97 Å². The molecule has 0 radical (unpaired) electrons. The molecule has 0 aromatic carbocycles. The first-order valence-electron chi connectivity index (χ1n) is 5.41. The van der Waals surface area contributed by atoms with E-state index in [1.165, 1.54) is 4.90 Å². The largest absolute Gasteiger partial charge is 0.481 e. The van der Waals surface area contributed by atoms with Gasteiger partial charge in [-0.15, -0.1) is 0 Å². The normalized spacial score (nSPS) is 23.8. The maximum atomic E-state index is 11.8. The van der Waals surface area contributed by atoms with Crippen molar-refractivity contribution in [1.29, 1.82) is 5.26 Å². The molecule has 0 aromatic heterocycles. The van der Waals surface area contributed by atoms with Crippen molar-refractivity contribution in [3.05, 3.63) is 0 Å². The molecule has 2 unspecified atom stereocenters. The Balaban J connectivity index is 2.44. The van der Waals surface area contributed by atoms with Crippen LogP contribution in [0.5, 0.6) is 0 Å². The van der Waals surface area contributed by atoms with Crippen molar-refractivity contribution in [2.45, 2.75) is 25.7 Å². The Labute approximate surface area is 94.7 Å². The number of carbonyl (C=O) groups excluding carboxylic acids is 1. The Morgan fingerprint density at radius 1 is 1.44 bits per heavy atom. The van der Waals surface area contributed by atoms with Gasteiger partial charge >= 0.3 is 5.97 Å². The SMILES string of the molecule is CN(CCC#N)C(=O)C1CCC(C(=O)O)C1. The maximum Gasteiger partial charge on any atom is 0.306 e. The number of rotatable bonds is 4. The van der Waals surface area contributed by atoms with E-state index in [1.54, 1.807) is 7.05 Å². The first-order chi connectivity index (χ1) is 7.56. The summed E-state index contributed by atoms with van der Waals surface area (Å²) in [7, 11) is 1.66. The van der Waals surface area contributed by atoms with E-state index in [0.717, 1.165) is 0 Å². The molecule has 0 heterocycles. The molecule has 0 saturated heterocycles. The van der Waals surface area contributed by atoms with Gasteiger partial charge in [0, 0.05) is 19.5 Å². The highest BCUT2D eigenvalue weighted by atomic mass is 16.4. The summed E-state index contributed by atoms with van der Waals surface area (Å²) in [4.78, 5) is 24.1. The van der Waals surface area contributed by atoms with Gasteiger partial charge in [0.2, 0.25) is 5.91 Å². The second-order valence-electron chi connectivity index (χ2n) is 4.21. The molecule has 1 amide bonds. The van der Waals surface area contributed by atoms with E-state index >= 15 is 0 Å². The number of amides is 1. The topological polar surface area (TPSA) is 81.4 Å². The smallest absolute Gasteiger partial charge is 0.306 e. The molecule has 1 aliphatic rings. The first-order valence-corrected chi connectivity index (χ1v) is 5.41. The summed E-state index contributed by atoms with van der Waals surface area (Å²) in [6, 6.07) is 1.98. The molecule has 16 heavy (non-hydrogen) atoms. The highest BCUT2D eigenvalue weighted by molar-refractivity contribution is 5.80. The van der Waals surface area contributed by atoms with Gasteiger partial charge in [0.15, 0.2) is 0 Å². The van der Waals surface area contributed by atoms with Crippen LogP contribution >= 0.6 is 0 Å². The minimum atomic E-state index is -0.810. The average molecular weight is 224 g/mol. The third-order valence-corrected chi connectivity index (χ3v) is 3.07. The van der Waals surface area contributed by atoms with Crippen LogP contribution in [0.3, 0.4) is 0 Å². The minimum Gasteiger partial charge on any atom is -0.481 e. The maximum absolute atomic E-state index is 11.8. The van der Waals surface area contributed by atoms with Crippen LogP contribution < -0.4 is 0 Å². The van der Waals surface area contributed by atoms with Crippen molar-refractivity contribution < 1.29 is 14.7 Å². The van der Waals surface area contributed by atoms with Crippen LogP contribution in [-0.4, -0.2) is 35.5 Å². The minimum absolute atomic E-state index is 0.0287. The molecule has 2 atom stereocenters. The second-order valence-corrected chi connectivity index (χ2v) is 4.21. The van der Waals surface area contributed by atoms with Crippen LogP contribution in [0.2, 0.25) is 0 Å². The standard InChI is InChI=1S/C11H16N2O3/c1-13(6-2-5-12)10(14)8-3-4-9(7-8)11(15)16/h8-9H,2-4,6-7H2,1H3,(H,15,16). The monoisotopic (exact) mass is 224 g/mol. The number of aliphatic carboxylic acids is 1. The number of nitriles is 1. The fourth-order valence-corrected chi connectivity index (χ4v) is 2.07. The molecule has 0 bridgehead atoms. The van der Waals surface area contributed by atoms with Crippen molar-refractivity contribution in [3.8, 4) is 6.07 Å². The Morgan fingerprint density at radius 2 is 2.06 bits per heavy atom. The first kappa shape index (κ1) is 12.5. The second kappa shape index (κ2) is 5.50. The van der Waals surface area contributed by atoms with Gasteiger partial charge in [0.25, 0.3) is 0 Å².